The molecule has 1 aromatic rings. The zero-order valence-corrected chi connectivity index (χ0v) is 12.3. The number of carbonyl (C=O) groups is 2. The van der Waals surface area contributed by atoms with Gasteiger partial charge < -0.3 is 15.5 Å². The summed E-state index contributed by atoms with van der Waals surface area (Å²) in [5.41, 5.74) is 2.11. The molecule has 0 bridgehead atoms. The zero-order chi connectivity index (χ0) is 14.8. The van der Waals surface area contributed by atoms with Crippen LogP contribution in [0.2, 0.25) is 0 Å². The van der Waals surface area contributed by atoms with Crippen molar-refractivity contribution in [3.8, 4) is 0 Å². The van der Waals surface area contributed by atoms with E-state index in [9.17, 15) is 9.59 Å². The van der Waals surface area contributed by atoms with Crippen LogP contribution in [0.4, 0.5) is 5.69 Å². The van der Waals surface area contributed by atoms with E-state index in [0.717, 1.165) is 24.9 Å². The van der Waals surface area contributed by atoms with Crippen LogP contribution >= 0.6 is 0 Å². The number of nitrogens with one attached hydrogen (secondary N) is 2. The number of aryl methyl sites for hydroxylation is 1. The van der Waals surface area contributed by atoms with Crippen molar-refractivity contribution in [3.63, 3.8) is 0 Å². The van der Waals surface area contributed by atoms with E-state index in [4.69, 9.17) is 0 Å². The lowest BCUT2D eigenvalue weighted by molar-refractivity contribution is -0.132. The first-order valence-corrected chi connectivity index (χ1v) is 7.52. The Bertz CT molecular complexity index is 558. The number of carbonyl (C=O) groups excluding carboxylic acids is 2. The van der Waals surface area contributed by atoms with Gasteiger partial charge in [-0.05, 0) is 30.9 Å². The number of nitrogens with zero attached hydrogens (tertiary/aromatic N) is 1. The van der Waals surface area contributed by atoms with Gasteiger partial charge in [-0.2, -0.15) is 0 Å². The summed E-state index contributed by atoms with van der Waals surface area (Å²) < 4.78 is 0. The second-order valence-corrected chi connectivity index (χ2v) is 5.91. The molecule has 1 saturated heterocycles. The van der Waals surface area contributed by atoms with E-state index in [1.54, 1.807) is 4.90 Å². The molecule has 5 nitrogen and oxygen atoms in total. The summed E-state index contributed by atoms with van der Waals surface area (Å²) in [6, 6.07) is 7.96. The van der Waals surface area contributed by atoms with E-state index < -0.39 is 0 Å². The number of amides is 2. The molecule has 0 aliphatic carbocycles. The Morgan fingerprint density at radius 2 is 2.00 bits per heavy atom. The number of likely N-dealkylation sites (tertiary alicyclic amines) is 1. The summed E-state index contributed by atoms with van der Waals surface area (Å²) in [4.78, 5) is 25.6. The monoisotopic (exact) mass is 287 g/mol. The largest absolute Gasteiger partial charge is 0.344 e. The SMILES string of the molecule is CN1CC(NC2CCc3ccccc3NC2=O)CCC1=O. The molecule has 1 aromatic carbocycles. The maximum atomic E-state index is 12.3. The van der Waals surface area contributed by atoms with Crippen LogP contribution in [-0.4, -0.2) is 42.4 Å². The maximum Gasteiger partial charge on any atom is 0.241 e. The van der Waals surface area contributed by atoms with Gasteiger partial charge in [-0.25, -0.2) is 0 Å². The molecule has 21 heavy (non-hydrogen) atoms. The number of hydrogen-bond acceptors (Lipinski definition) is 3. The van der Waals surface area contributed by atoms with Gasteiger partial charge in [0.15, 0.2) is 0 Å². The number of hydrogen-bond donors (Lipinski definition) is 2. The molecule has 2 atom stereocenters. The van der Waals surface area contributed by atoms with Crippen molar-refractivity contribution < 1.29 is 9.59 Å². The minimum atomic E-state index is -0.191. The van der Waals surface area contributed by atoms with Crippen LogP contribution in [0, 0.1) is 0 Å². The van der Waals surface area contributed by atoms with Gasteiger partial charge in [-0.3, -0.25) is 9.59 Å². The van der Waals surface area contributed by atoms with Gasteiger partial charge in [0.25, 0.3) is 0 Å². The lowest BCUT2D eigenvalue weighted by atomic mass is 10.0. The Kier molecular flexibility index (Phi) is 3.92. The molecule has 1 fully saturated rings. The predicted molar refractivity (Wildman–Crippen MR) is 81.0 cm³/mol. The minimum Gasteiger partial charge on any atom is -0.344 e. The van der Waals surface area contributed by atoms with E-state index >= 15 is 0 Å². The highest BCUT2D eigenvalue weighted by molar-refractivity contribution is 5.96. The molecule has 3 rings (SSSR count). The molecule has 2 aliphatic heterocycles. The van der Waals surface area contributed by atoms with E-state index in [-0.39, 0.29) is 23.9 Å². The Labute approximate surface area is 124 Å². The molecule has 0 saturated carbocycles. The van der Waals surface area contributed by atoms with Crippen molar-refractivity contribution in [1.82, 2.24) is 10.2 Å². The van der Waals surface area contributed by atoms with Gasteiger partial charge in [0.2, 0.25) is 11.8 Å². The third kappa shape index (κ3) is 3.08. The highest BCUT2D eigenvalue weighted by Crippen LogP contribution is 2.22. The smallest absolute Gasteiger partial charge is 0.241 e. The summed E-state index contributed by atoms with van der Waals surface area (Å²) in [6.07, 6.45) is 3.04. The first-order valence-electron chi connectivity index (χ1n) is 7.52. The summed E-state index contributed by atoms with van der Waals surface area (Å²) >= 11 is 0. The van der Waals surface area contributed by atoms with Gasteiger partial charge >= 0.3 is 0 Å². The van der Waals surface area contributed by atoms with Crippen LogP contribution in [0.1, 0.15) is 24.8 Å². The molecule has 112 valence electrons. The summed E-state index contributed by atoms with van der Waals surface area (Å²) in [5.74, 6) is 0.213. The van der Waals surface area contributed by atoms with Crippen LogP contribution in [0.3, 0.4) is 0 Å². The van der Waals surface area contributed by atoms with Crippen molar-refractivity contribution in [1.29, 1.82) is 0 Å². The Hall–Kier alpha value is -1.88. The molecular weight excluding hydrogens is 266 g/mol. The number of fused-ring (bicyclic) bond motifs is 1. The van der Waals surface area contributed by atoms with Crippen LogP contribution in [0.25, 0.3) is 0 Å². The Morgan fingerprint density at radius 3 is 2.81 bits per heavy atom. The van der Waals surface area contributed by atoms with Gasteiger partial charge in [0.1, 0.15) is 0 Å². The molecule has 0 spiro atoms. The highest BCUT2D eigenvalue weighted by Gasteiger charge is 2.29. The standard InChI is InChI=1S/C16H21N3O2/c1-19-10-12(7-9-15(19)20)17-14-8-6-11-4-2-3-5-13(11)18-16(14)21/h2-5,12,14,17H,6-10H2,1H3,(H,18,21). The van der Waals surface area contributed by atoms with E-state index in [2.05, 4.69) is 16.7 Å². The lowest BCUT2D eigenvalue weighted by Crippen LogP contribution is -2.52. The number of piperidine rings is 1. The Morgan fingerprint density at radius 1 is 1.19 bits per heavy atom. The Balaban J connectivity index is 1.65. The van der Waals surface area contributed by atoms with E-state index in [0.29, 0.717) is 13.0 Å². The average molecular weight is 287 g/mol. The van der Waals surface area contributed by atoms with Gasteiger partial charge in [-0.1, -0.05) is 18.2 Å². The third-order valence-electron chi connectivity index (χ3n) is 4.36. The van der Waals surface area contributed by atoms with Crippen LogP contribution < -0.4 is 10.6 Å². The number of anilines is 1. The number of benzene rings is 1. The van der Waals surface area contributed by atoms with E-state index in [1.165, 1.54) is 5.56 Å². The fourth-order valence-electron chi connectivity index (χ4n) is 3.10. The van der Waals surface area contributed by atoms with Crippen LogP contribution in [-0.2, 0) is 16.0 Å². The topological polar surface area (TPSA) is 61.4 Å². The van der Waals surface area contributed by atoms with Crippen LogP contribution in [0.15, 0.2) is 24.3 Å². The molecule has 0 radical (unpaired) electrons. The first kappa shape index (κ1) is 14.1. The average Bonchev–Trinajstić information content (AvgIpc) is 2.63. The molecule has 5 heteroatoms. The summed E-state index contributed by atoms with van der Waals surface area (Å²) in [6.45, 7) is 0.676. The normalized spacial score (nSPS) is 26.0. The lowest BCUT2D eigenvalue weighted by Gasteiger charge is -2.32. The molecule has 2 N–H and O–H groups in total. The number of rotatable bonds is 2. The molecule has 2 amide bonds. The minimum absolute atomic E-state index is 0.0273. The molecule has 2 heterocycles. The van der Waals surface area contributed by atoms with E-state index in [1.807, 2.05) is 25.2 Å². The molecule has 2 aliphatic rings. The highest BCUT2D eigenvalue weighted by atomic mass is 16.2. The fourth-order valence-corrected chi connectivity index (χ4v) is 3.10. The second kappa shape index (κ2) is 5.85. The van der Waals surface area contributed by atoms with Gasteiger partial charge in [0, 0.05) is 31.7 Å². The van der Waals surface area contributed by atoms with Gasteiger partial charge in [-0.15, -0.1) is 0 Å². The fraction of sp³-hybridized carbons (Fsp3) is 0.500. The molecular formula is C16H21N3O2. The third-order valence-corrected chi connectivity index (χ3v) is 4.36. The quantitative estimate of drug-likeness (QED) is 0.858. The van der Waals surface area contributed by atoms with Crippen molar-refractivity contribution in [2.24, 2.45) is 0 Å². The summed E-state index contributed by atoms with van der Waals surface area (Å²) in [5, 5.41) is 6.43. The van der Waals surface area contributed by atoms with Crippen molar-refractivity contribution in [3.05, 3.63) is 29.8 Å². The van der Waals surface area contributed by atoms with Crippen molar-refractivity contribution in [2.45, 2.75) is 37.8 Å². The van der Waals surface area contributed by atoms with Crippen molar-refractivity contribution >= 4 is 17.5 Å². The summed E-state index contributed by atoms with van der Waals surface area (Å²) in [7, 11) is 1.82. The zero-order valence-electron chi connectivity index (χ0n) is 12.3. The second-order valence-electron chi connectivity index (χ2n) is 5.91. The van der Waals surface area contributed by atoms with Crippen LogP contribution in [0.5, 0.6) is 0 Å². The number of likely N-dealkylation sites (N-methyl/N-ethyl adjacent to an activating group) is 1. The first-order chi connectivity index (χ1) is 10.1. The molecule has 0 aromatic heterocycles. The van der Waals surface area contributed by atoms with Gasteiger partial charge in [0.05, 0.1) is 6.04 Å². The molecule has 2 unspecified atom stereocenters. The maximum absolute atomic E-state index is 12.3. The van der Waals surface area contributed by atoms with Crippen molar-refractivity contribution in [2.75, 3.05) is 18.9 Å². The predicted octanol–water partition coefficient (Wildman–Crippen LogP) is 1.15. The number of para-hydroxylation sites is 1.